The lowest BCUT2D eigenvalue weighted by atomic mass is 10.1. The second kappa shape index (κ2) is 5.31. The lowest BCUT2D eigenvalue weighted by Gasteiger charge is -2.03. The summed E-state index contributed by atoms with van der Waals surface area (Å²) >= 11 is 0. The van der Waals surface area contributed by atoms with E-state index in [4.69, 9.17) is 4.98 Å². The zero-order valence-corrected chi connectivity index (χ0v) is 13.6. The van der Waals surface area contributed by atoms with Gasteiger partial charge < -0.3 is 14.5 Å². The normalized spacial score (nSPS) is 12.8. The summed E-state index contributed by atoms with van der Waals surface area (Å²) in [5.41, 5.74) is 5.02. The van der Waals surface area contributed by atoms with Crippen LogP contribution in [0.2, 0.25) is 0 Å². The Morgan fingerprint density at radius 3 is 2.44 bits per heavy atom. The molecule has 0 aliphatic rings. The number of rotatable bonds is 3. The molecule has 2 aromatic carbocycles. The number of H-pyrrole nitrogens is 2. The quantitative estimate of drug-likeness (QED) is 0.529. The number of nitrogens with one attached hydrogen (secondary N) is 2. The lowest BCUT2D eigenvalue weighted by molar-refractivity contribution is 0.790. The van der Waals surface area contributed by atoms with Crippen LogP contribution in [-0.2, 0) is 0 Å². The van der Waals surface area contributed by atoms with Crippen molar-refractivity contribution in [1.29, 1.82) is 0 Å². The molecule has 1 atom stereocenters. The van der Waals surface area contributed by atoms with Crippen LogP contribution in [0.15, 0.2) is 61.2 Å². The number of nitrogens with zero attached hydrogens (tertiary/aromatic N) is 4. The Labute approximate surface area is 143 Å². The fourth-order valence-corrected chi connectivity index (χ4v) is 3.10. The van der Waals surface area contributed by atoms with Gasteiger partial charge in [0.2, 0.25) is 0 Å². The van der Waals surface area contributed by atoms with Gasteiger partial charge in [0.15, 0.2) is 0 Å². The van der Waals surface area contributed by atoms with Gasteiger partial charge >= 0.3 is 0 Å². The average molecular weight is 328 g/mol. The van der Waals surface area contributed by atoms with Gasteiger partial charge in [-0.2, -0.15) is 0 Å². The first-order chi connectivity index (χ1) is 12.3. The van der Waals surface area contributed by atoms with Gasteiger partial charge in [-0.1, -0.05) is 12.1 Å². The molecule has 5 aromatic rings. The molecule has 6 heteroatoms. The Kier molecular flexibility index (Phi) is 2.97. The summed E-state index contributed by atoms with van der Waals surface area (Å²) < 4.78 is 1.97. The zero-order valence-electron chi connectivity index (χ0n) is 13.6. The summed E-state index contributed by atoms with van der Waals surface area (Å²) in [6.45, 7) is 2.10. The molecular formula is C19H16N6. The van der Waals surface area contributed by atoms with Crippen molar-refractivity contribution in [3.8, 4) is 5.69 Å². The molecule has 0 fully saturated rings. The largest absolute Gasteiger partial charge is 0.341 e. The molecule has 25 heavy (non-hydrogen) atoms. The van der Waals surface area contributed by atoms with E-state index in [1.54, 1.807) is 12.5 Å². The molecule has 0 radical (unpaired) electrons. The molecule has 0 saturated carbocycles. The van der Waals surface area contributed by atoms with Crippen molar-refractivity contribution in [1.82, 2.24) is 29.5 Å². The van der Waals surface area contributed by atoms with Crippen molar-refractivity contribution < 1.29 is 0 Å². The van der Waals surface area contributed by atoms with E-state index in [-0.39, 0.29) is 5.92 Å². The van der Waals surface area contributed by atoms with Crippen LogP contribution in [-0.4, -0.2) is 29.5 Å². The Balaban J connectivity index is 1.55. The molecule has 0 bridgehead atoms. The monoisotopic (exact) mass is 328 g/mol. The standard InChI is InChI=1S/C19H16N6/c1-12(18-21-14-4-2-3-5-15(14)22-18)19-23-16-7-6-13(10-17(16)24-19)25-9-8-20-11-25/h2-12H,1H3,(H,21,22)(H,23,24). The molecule has 1 unspecified atom stereocenters. The summed E-state index contributed by atoms with van der Waals surface area (Å²) in [4.78, 5) is 20.4. The Hall–Kier alpha value is -3.41. The smallest absolute Gasteiger partial charge is 0.117 e. The molecule has 3 heterocycles. The summed E-state index contributed by atoms with van der Waals surface area (Å²) in [6.07, 6.45) is 5.48. The minimum atomic E-state index is 0.0523. The average Bonchev–Trinajstić information content (AvgIpc) is 3.38. The summed E-state index contributed by atoms with van der Waals surface area (Å²) in [5, 5.41) is 0. The van der Waals surface area contributed by atoms with Crippen LogP contribution >= 0.6 is 0 Å². The number of imidazole rings is 3. The topological polar surface area (TPSA) is 75.2 Å². The maximum Gasteiger partial charge on any atom is 0.117 e. The first kappa shape index (κ1) is 14.0. The Morgan fingerprint density at radius 1 is 0.920 bits per heavy atom. The number of para-hydroxylation sites is 2. The van der Waals surface area contributed by atoms with Gasteiger partial charge in [0.1, 0.15) is 11.6 Å². The van der Waals surface area contributed by atoms with Crippen LogP contribution in [0.5, 0.6) is 0 Å². The highest BCUT2D eigenvalue weighted by atomic mass is 15.0. The van der Waals surface area contributed by atoms with Crippen molar-refractivity contribution in [2.75, 3.05) is 0 Å². The van der Waals surface area contributed by atoms with E-state index in [2.05, 4.69) is 32.9 Å². The first-order valence-corrected chi connectivity index (χ1v) is 8.20. The highest BCUT2D eigenvalue weighted by Crippen LogP contribution is 2.25. The molecule has 3 aromatic heterocycles. The van der Waals surface area contributed by atoms with E-state index in [1.807, 2.05) is 47.2 Å². The van der Waals surface area contributed by atoms with E-state index >= 15 is 0 Å². The second-order valence-corrected chi connectivity index (χ2v) is 6.15. The van der Waals surface area contributed by atoms with Gasteiger partial charge in [-0.25, -0.2) is 15.0 Å². The van der Waals surface area contributed by atoms with E-state index < -0.39 is 0 Å². The summed E-state index contributed by atoms with van der Waals surface area (Å²) in [6, 6.07) is 14.2. The van der Waals surface area contributed by atoms with Crippen LogP contribution in [0.3, 0.4) is 0 Å². The van der Waals surface area contributed by atoms with E-state index in [0.717, 1.165) is 39.4 Å². The maximum absolute atomic E-state index is 4.74. The molecule has 0 aliphatic carbocycles. The van der Waals surface area contributed by atoms with Gasteiger partial charge in [-0.3, -0.25) is 0 Å². The highest BCUT2D eigenvalue weighted by molar-refractivity contribution is 5.78. The fourth-order valence-electron chi connectivity index (χ4n) is 3.10. The van der Waals surface area contributed by atoms with Gasteiger partial charge in [0.25, 0.3) is 0 Å². The van der Waals surface area contributed by atoms with Crippen molar-refractivity contribution in [2.24, 2.45) is 0 Å². The Bertz CT molecular complexity index is 1130. The van der Waals surface area contributed by atoms with Crippen LogP contribution in [0, 0.1) is 0 Å². The predicted octanol–water partition coefficient (Wildman–Crippen LogP) is 3.78. The fraction of sp³-hybridized carbons (Fsp3) is 0.105. The van der Waals surface area contributed by atoms with Crippen molar-refractivity contribution in [3.05, 3.63) is 72.8 Å². The van der Waals surface area contributed by atoms with Crippen molar-refractivity contribution in [2.45, 2.75) is 12.8 Å². The van der Waals surface area contributed by atoms with Crippen molar-refractivity contribution >= 4 is 22.1 Å². The molecule has 6 nitrogen and oxygen atoms in total. The lowest BCUT2D eigenvalue weighted by Crippen LogP contribution is -2.00. The maximum atomic E-state index is 4.74. The SMILES string of the molecule is CC(c1nc2ccccc2[nH]1)c1nc2ccc(-n3ccnc3)cc2[nH]1. The molecule has 5 rings (SSSR count). The third kappa shape index (κ3) is 2.30. The number of aromatic nitrogens is 6. The second-order valence-electron chi connectivity index (χ2n) is 6.15. The van der Waals surface area contributed by atoms with E-state index in [9.17, 15) is 0 Å². The number of aromatic amines is 2. The molecule has 2 N–H and O–H groups in total. The molecule has 0 amide bonds. The minimum Gasteiger partial charge on any atom is -0.341 e. The highest BCUT2D eigenvalue weighted by Gasteiger charge is 2.17. The van der Waals surface area contributed by atoms with Gasteiger partial charge in [-0.15, -0.1) is 0 Å². The summed E-state index contributed by atoms with van der Waals surface area (Å²) in [5.74, 6) is 1.86. The number of hydrogen-bond acceptors (Lipinski definition) is 3. The molecule has 122 valence electrons. The summed E-state index contributed by atoms with van der Waals surface area (Å²) in [7, 11) is 0. The molecule has 0 aliphatic heterocycles. The van der Waals surface area contributed by atoms with E-state index in [0.29, 0.717) is 0 Å². The van der Waals surface area contributed by atoms with Crippen LogP contribution in [0.1, 0.15) is 24.5 Å². The van der Waals surface area contributed by atoms with Crippen molar-refractivity contribution in [3.63, 3.8) is 0 Å². The van der Waals surface area contributed by atoms with Gasteiger partial charge in [-0.05, 0) is 37.3 Å². The molecular weight excluding hydrogens is 312 g/mol. The minimum absolute atomic E-state index is 0.0523. The van der Waals surface area contributed by atoms with E-state index in [1.165, 1.54) is 0 Å². The number of hydrogen-bond donors (Lipinski definition) is 2. The molecule has 0 saturated heterocycles. The van der Waals surface area contributed by atoms with Gasteiger partial charge in [0.05, 0.1) is 34.3 Å². The molecule has 0 spiro atoms. The van der Waals surface area contributed by atoms with Crippen LogP contribution < -0.4 is 0 Å². The van der Waals surface area contributed by atoms with Gasteiger partial charge in [0, 0.05) is 18.1 Å². The Morgan fingerprint density at radius 2 is 1.68 bits per heavy atom. The number of benzene rings is 2. The van der Waals surface area contributed by atoms with Crippen LogP contribution in [0.4, 0.5) is 0 Å². The third-order valence-corrected chi connectivity index (χ3v) is 4.51. The zero-order chi connectivity index (χ0) is 16.8. The first-order valence-electron chi connectivity index (χ1n) is 8.20. The number of fused-ring (bicyclic) bond motifs is 2. The predicted molar refractivity (Wildman–Crippen MR) is 96.8 cm³/mol. The third-order valence-electron chi connectivity index (χ3n) is 4.51. The van der Waals surface area contributed by atoms with Crippen LogP contribution in [0.25, 0.3) is 27.8 Å².